The summed E-state index contributed by atoms with van der Waals surface area (Å²) in [4.78, 5) is 7.27. The Morgan fingerprint density at radius 1 is 1.28 bits per heavy atom. The van der Waals surface area contributed by atoms with Gasteiger partial charge < -0.3 is 21.3 Å². The highest BCUT2D eigenvalue weighted by molar-refractivity contribution is 5.80. The molecule has 0 aliphatic carbocycles. The number of likely N-dealkylation sites (tertiary alicyclic amines) is 1. The average molecular weight is 437 g/mol. The highest BCUT2D eigenvalue weighted by atomic mass is 15.3. The zero-order valence-corrected chi connectivity index (χ0v) is 19.5. The van der Waals surface area contributed by atoms with Gasteiger partial charge in [0, 0.05) is 38.3 Å². The molecule has 2 heterocycles. The van der Waals surface area contributed by atoms with Crippen LogP contribution in [0.15, 0.2) is 35.3 Å². The molecular weight excluding hydrogens is 400 g/mol. The van der Waals surface area contributed by atoms with Gasteiger partial charge in [0.15, 0.2) is 5.96 Å². The second-order valence-corrected chi connectivity index (χ2v) is 8.48. The number of para-hydroxylation sites is 1. The van der Waals surface area contributed by atoms with Gasteiger partial charge in [0.2, 0.25) is 0 Å². The number of nitriles is 1. The van der Waals surface area contributed by atoms with Crippen molar-refractivity contribution in [1.82, 2.24) is 25.3 Å². The number of rotatable bonds is 8. The molecule has 1 aliphatic rings. The molecule has 3 rings (SSSR count). The lowest BCUT2D eigenvalue weighted by atomic mass is 10.0. The number of nitrogens with two attached hydrogens (primary N) is 1. The van der Waals surface area contributed by atoms with Gasteiger partial charge in [0.25, 0.3) is 0 Å². The Labute approximate surface area is 191 Å². The first-order chi connectivity index (χ1) is 15.5. The molecule has 1 aliphatic heterocycles. The van der Waals surface area contributed by atoms with E-state index in [4.69, 9.17) is 10.7 Å². The van der Waals surface area contributed by atoms with E-state index in [0.717, 1.165) is 56.2 Å². The first kappa shape index (κ1) is 23.6. The van der Waals surface area contributed by atoms with Crippen LogP contribution < -0.4 is 16.4 Å². The lowest BCUT2D eigenvalue weighted by Crippen LogP contribution is -2.49. The maximum Gasteiger partial charge on any atom is 0.191 e. The Morgan fingerprint density at radius 3 is 2.62 bits per heavy atom. The number of aromatic nitrogens is 2. The fourth-order valence-electron chi connectivity index (χ4n) is 4.05. The number of hydrogen-bond donors (Lipinski definition) is 3. The van der Waals surface area contributed by atoms with Crippen molar-refractivity contribution in [3.63, 3.8) is 0 Å². The third-order valence-electron chi connectivity index (χ3n) is 5.89. The predicted molar refractivity (Wildman–Crippen MR) is 130 cm³/mol. The minimum atomic E-state index is 0.389. The Morgan fingerprint density at radius 2 is 2.00 bits per heavy atom. The summed E-state index contributed by atoms with van der Waals surface area (Å²) in [5.74, 6) is 1.25. The van der Waals surface area contributed by atoms with Crippen LogP contribution in [0.5, 0.6) is 0 Å². The molecule has 0 unspecified atom stereocenters. The van der Waals surface area contributed by atoms with E-state index in [1.54, 1.807) is 4.68 Å². The van der Waals surface area contributed by atoms with E-state index in [1.165, 1.54) is 0 Å². The second kappa shape index (κ2) is 11.5. The van der Waals surface area contributed by atoms with E-state index in [1.807, 2.05) is 30.3 Å². The maximum atomic E-state index is 9.58. The molecule has 0 amide bonds. The van der Waals surface area contributed by atoms with Gasteiger partial charge in [0.05, 0.1) is 11.4 Å². The van der Waals surface area contributed by atoms with Crippen LogP contribution in [0.1, 0.15) is 51.3 Å². The minimum absolute atomic E-state index is 0.389. The van der Waals surface area contributed by atoms with E-state index >= 15 is 0 Å². The van der Waals surface area contributed by atoms with E-state index in [9.17, 15) is 5.26 Å². The molecule has 8 nitrogen and oxygen atoms in total. The molecule has 8 heteroatoms. The zero-order chi connectivity index (χ0) is 22.9. The van der Waals surface area contributed by atoms with Crippen LogP contribution in [0, 0.1) is 11.3 Å². The maximum absolute atomic E-state index is 9.58. The lowest BCUT2D eigenvalue weighted by Gasteiger charge is -2.35. The van der Waals surface area contributed by atoms with Crippen LogP contribution in [0.4, 0.5) is 5.82 Å². The molecule has 0 saturated carbocycles. The molecule has 1 aromatic carbocycles. The number of nitrogen functional groups attached to an aromatic ring is 1. The number of aryl methyl sites for hydroxylation is 1. The molecule has 1 fully saturated rings. The van der Waals surface area contributed by atoms with E-state index < -0.39 is 0 Å². The number of anilines is 1. The second-order valence-electron chi connectivity index (χ2n) is 8.48. The number of aliphatic imine (C=N–C) groups is 1. The molecule has 1 aromatic heterocycles. The van der Waals surface area contributed by atoms with Crippen LogP contribution in [0.25, 0.3) is 5.69 Å². The van der Waals surface area contributed by atoms with Crippen molar-refractivity contribution in [2.24, 2.45) is 4.99 Å². The summed E-state index contributed by atoms with van der Waals surface area (Å²) in [6, 6.07) is 12.9. The summed E-state index contributed by atoms with van der Waals surface area (Å²) >= 11 is 0. The van der Waals surface area contributed by atoms with Crippen molar-refractivity contribution in [3.05, 3.63) is 41.6 Å². The largest absolute Gasteiger partial charge is 0.382 e. The van der Waals surface area contributed by atoms with Crippen LogP contribution >= 0.6 is 0 Å². The number of nitrogens with one attached hydrogen (secondary N) is 2. The van der Waals surface area contributed by atoms with E-state index in [0.29, 0.717) is 36.4 Å². The molecule has 1 saturated heterocycles. The van der Waals surface area contributed by atoms with Crippen molar-refractivity contribution < 1.29 is 0 Å². The number of benzene rings is 1. The van der Waals surface area contributed by atoms with Gasteiger partial charge >= 0.3 is 0 Å². The molecule has 0 bridgehead atoms. The van der Waals surface area contributed by atoms with Gasteiger partial charge in [-0.25, -0.2) is 4.68 Å². The molecule has 172 valence electrons. The summed E-state index contributed by atoms with van der Waals surface area (Å²) in [7, 11) is 0. The highest BCUT2D eigenvalue weighted by Crippen LogP contribution is 2.21. The van der Waals surface area contributed by atoms with Crippen molar-refractivity contribution in [2.45, 2.75) is 58.5 Å². The summed E-state index contributed by atoms with van der Waals surface area (Å²) in [5, 5.41) is 21.1. The summed E-state index contributed by atoms with van der Waals surface area (Å²) in [5.41, 5.74) is 8.24. The third-order valence-corrected chi connectivity index (χ3v) is 5.89. The molecule has 0 radical (unpaired) electrons. The van der Waals surface area contributed by atoms with Gasteiger partial charge in [-0.3, -0.25) is 4.99 Å². The van der Waals surface area contributed by atoms with Crippen molar-refractivity contribution >= 4 is 11.8 Å². The Bertz CT molecular complexity index is 917. The standard InChI is InChI=1S/C24H36N8/c1-4-27-24(29-19-12-15-31(16-13-19)18(2)3)28-14-8-11-22-21(17-25)23(26)32(30-22)20-9-6-5-7-10-20/h5-7,9-10,18-19H,4,8,11-16,26H2,1-3H3,(H2,27,28,29). The van der Waals surface area contributed by atoms with Crippen LogP contribution in [0.2, 0.25) is 0 Å². The van der Waals surface area contributed by atoms with Crippen LogP contribution in [-0.2, 0) is 6.42 Å². The lowest BCUT2D eigenvalue weighted by molar-refractivity contribution is 0.167. The van der Waals surface area contributed by atoms with Crippen molar-refractivity contribution in [1.29, 1.82) is 5.26 Å². The summed E-state index contributed by atoms with van der Waals surface area (Å²) in [6.45, 7) is 10.3. The molecule has 0 atom stereocenters. The molecule has 4 N–H and O–H groups in total. The molecular formula is C24H36N8. The average Bonchev–Trinajstić information content (AvgIpc) is 3.12. The topological polar surface area (TPSA) is 107 Å². The van der Waals surface area contributed by atoms with Gasteiger partial charge in [-0.15, -0.1) is 0 Å². The normalized spacial score (nSPS) is 15.7. The zero-order valence-electron chi connectivity index (χ0n) is 19.5. The van der Waals surface area contributed by atoms with Crippen LogP contribution in [-0.4, -0.2) is 58.9 Å². The SMILES string of the molecule is CCNC(=NCCCc1nn(-c2ccccc2)c(N)c1C#N)NC1CCN(C(C)C)CC1. The first-order valence-electron chi connectivity index (χ1n) is 11.6. The van der Waals surface area contributed by atoms with E-state index in [-0.39, 0.29) is 0 Å². The Hall–Kier alpha value is -3.05. The Balaban J connectivity index is 1.57. The Kier molecular flexibility index (Phi) is 8.51. The number of nitrogens with zero attached hydrogens (tertiary/aromatic N) is 5. The smallest absolute Gasteiger partial charge is 0.191 e. The fourth-order valence-corrected chi connectivity index (χ4v) is 4.05. The monoisotopic (exact) mass is 436 g/mol. The summed E-state index contributed by atoms with van der Waals surface area (Å²) in [6.07, 6.45) is 3.71. The van der Waals surface area contributed by atoms with Crippen molar-refractivity contribution in [2.75, 3.05) is 31.9 Å². The first-order valence-corrected chi connectivity index (χ1v) is 11.6. The predicted octanol–water partition coefficient (Wildman–Crippen LogP) is 2.69. The molecule has 32 heavy (non-hydrogen) atoms. The fraction of sp³-hybridized carbons (Fsp3) is 0.542. The molecule has 2 aromatic rings. The van der Waals surface area contributed by atoms with E-state index in [2.05, 4.69) is 47.5 Å². The third kappa shape index (κ3) is 6.01. The quantitative estimate of drug-likeness (QED) is 0.334. The summed E-state index contributed by atoms with van der Waals surface area (Å²) < 4.78 is 1.65. The number of piperidine rings is 1. The molecule has 0 spiro atoms. The van der Waals surface area contributed by atoms with Gasteiger partial charge in [0.1, 0.15) is 17.5 Å². The van der Waals surface area contributed by atoms with Gasteiger partial charge in [-0.2, -0.15) is 10.4 Å². The van der Waals surface area contributed by atoms with Gasteiger partial charge in [-0.05, 0) is 58.6 Å². The van der Waals surface area contributed by atoms with Gasteiger partial charge in [-0.1, -0.05) is 18.2 Å². The number of hydrogen-bond acceptors (Lipinski definition) is 5. The number of guanidine groups is 1. The van der Waals surface area contributed by atoms with Crippen LogP contribution in [0.3, 0.4) is 0 Å². The minimum Gasteiger partial charge on any atom is -0.382 e. The highest BCUT2D eigenvalue weighted by Gasteiger charge is 2.21. The van der Waals surface area contributed by atoms with Crippen molar-refractivity contribution in [3.8, 4) is 11.8 Å².